The van der Waals surface area contributed by atoms with Gasteiger partial charge in [-0.3, -0.25) is 4.79 Å². The van der Waals surface area contributed by atoms with Crippen LogP contribution in [0.3, 0.4) is 0 Å². The molecule has 27 heavy (non-hydrogen) atoms. The molecule has 1 heterocycles. The molecule has 2 aromatic carbocycles. The second-order valence-corrected chi connectivity index (χ2v) is 9.40. The van der Waals surface area contributed by atoms with E-state index in [-0.39, 0.29) is 10.8 Å². The van der Waals surface area contributed by atoms with E-state index < -0.39 is 10.0 Å². The number of hydrogen-bond acceptors (Lipinski definition) is 3. The molecule has 1 saturated heterocycles. The molecular formula is C21H26N2O3S. The van der Waals surface area contributed by atoms with Crippen molar-refractivity contribution in [2.24, 2.45) is 11.8 Å². The molecule has 0 unspecified atom stereocenters. The predicted octanol–water partition coefficient (Wildman–Crippen LogP) is 3.28. The van der Waals surface area contributed by atoms with Crippen molar-refractivity contribution in [1.29, 1.82) is 0 Å². The maximum absolute atomic E-state index is 12.9. The summed E-state index contributed by atoms with van der Waals surface area (Å²) in [6.45, 7) is 5.69. The van der Waals surface area contributed by atoms with Gasteiger partial charge in [-0.2, -0.15) is 4.31 Å². The number of sulfonamides is 1. The van der Waals surface area contributed by atoms with E-state index >= 15 is 0 Å². The van der Waals surface area contributed by atoms with Crippen LogP contribution >= 0.6 is 0 Å². The van der Waals surface area contributed by atoms with E-state index in [4.69, 9.17) is 0 Å². The molecule has 0 aromatic heterocycles. The van der Waals surface area contributed by atoms with Gasteiger partial charge < -0.3 is 5.32 Å². The number of nitrogens with zero attached hydrogens (tertiary/aromatic N) is 1. The van der Waals surface area contributed by atoms with Crippen LogP contribution in [0.2, 0.25) is 0 Å². The Morgan fingerprint density at radius 1 is 1.00 bits per heavy atom. The third kappa shape index (κ3) is 4.76. The highest BCUT2D eigenvalue weighted by atomic mass is 32.2. The van der Waals surface area contributed by atoms with E-state index in [1.54, 1.807) is 16.4 Å². The monoisotopic (exact) mass is 386 g/mol. The van der Waals surface area contributed by atoms with E-state index in [1.165, 1.54) is 12.1 Å². The lowest BCUT2D eigenvalue weighted by molar-refractivity contribution is 0.0951. The first-order chi connectivity index (χ1) is 12.9. The van der Waals surface area contributed by atoms with Crippen molar-refractivity contribution >= 4 is 15.9 Å². The van der Waals surface area contributed by atoms with E-state index in [1.807, 2.05) is 30.3 Å². The molecule has 3 rings (SSSR count). The van der Waals surface area contributed by atoms with Crippen LogP contribution in [0.5, 0.6) is 0 Å². The van der Waals surface area contributed by atoms with Crippen LogP contribution in [0, 0.1) is 11.8 Å². The summed E-state index contributed by atoms with van der Waals surface area (Å²) in [5, 5.41) is 2.85. The highest BCUT2D eigenvalue weighted by molar-refractivity contribution is 7.89. The largest absolute Gasteiger partial charge is 0.348 e. The van der Waals surface area contributed by atoms with Crippen LogP contribution in [-0.4, -0.2) is 31.7 Å². The summed E-state index contributed by atoms with van der Waals surface area (Å²) in [5.41, 5.74) is 1.46. The second-order valence-electron chi connectivity index (χ2n) is 7.46. The highest BCUT2D eigenvalue weighted by Crippen LogP contribution is 2.26. The molecule has 0 bridgehead atoms. The fraction of sp³-hybridized carbons (Fsp3) is 0.381. The number of piperidine rings is 1. The highest BCUT2D eigenvalue weighted by Gasteiger charge is 2.31. The maximum Gasteiger partial charge on any atom is 0.251 e. The van der Waals surface area contributed by atoms with Crippen LogP contribution < -0.4 is 5.32 Å². The Hall–Kier alpha value is -2.18. The third-order valence-electron chi connectivity index (χ3n) is 4.89. The maximum atomic E-state index is 12.9. The first kappa shape index (κ1) is 19.6. The van der Waals surface area contributed by atoms with Crippen LogP contribution in [0.15, 0.2) is 59.5 Å². The summed E-state index contributed by atoms with van der Waals surface area (Å²) in [4.78, 5) is 12.5. The Balaban J connectivity index is 1.68. The van der Waals surface area contributed by atoms with Gasteiger partial charge in [0.15, 0.2) is 0 Å². The van der Waals surface area contributed by atoms with Gasteiger partial charge in [-0.05, 0) is 48.1 Å². The molecule has 1 fully saturated rings. The zero-order valence-electron chi connectivity index (χ0n) is 15.8. The van der Waals surface area contributed by atoms with Crippen LogP contribution in [0.1, 0.15) is 36.2 Å². The van der Waals surface area contributed by atoms with E-state index in [2.05, 4.69) is 19.2 Å². The van der Waals surface area contributed by atoms with Crippen LogP contribution in [-0.2, 0) is 16.6 Å². The summed E-state index contributed by atoms with van der Waals surface area (Å²) in [5.74, 6) is 0.487. The Kier molecular flexibility index (Phi) is 5.97. The molecule has 2 aromatic rings. The zero-order valence-corrected chi connectivity index (χ0v) is 16.6. The molecule has 5 nitrogen and oxygen atoms in total. The molecule has 2 atom stereocenters. The van der Waals surface area contributed by atoms with Gasteiger partial charge in [0.2, 0.25) is 10.0 Å². The molecule has 0 radical (unpaired) electrons. The molecule has 6 heteroatoms. The van der Waals surface area contributed by atoms with Gasteiger partial charge in [-0.1, -0.05) is 44.2 Å². The number of benzene rings is 2. The van der Waals surface area contributed by atoms with Crippen LogP contribution in [0.4, 0.5) is 0 Å². The smallest absolute Gasteiger partial charge is 0.251 e. The van der Waals surface area contributed by atoms with Gasteiger partial charge in [0, 0.05) is 25.2 Å². The van der Waals surface area contributed by atoms with Gasteiger partial charge in [-0.15, -0.1) is 0 Å². The van der Waals surface area contributed by atoms with E-state index in [0.717, 1.165) is 12.0 Å². The number of amides is 1. The van der Waals surface area contributed by atoms with Crippen molar-refractivity contribution in [2.45, 2.75) is 31.7 Å². The first-order valence-electron chi connectivity index (χ1n) is 9.28. The Morgan fingerprint density at radius 3 is 2.19 bits per heavy atom. The average Bonchev–Trinajstić information content (AvgIpc) is 2.66. The van der Waals surface area contributed by atoms with Gasteiger partial charge in [-0.25, -0.2) is 8.42 Å². The van der Waals surface area contributed by atoms with E-state index in [9.17, 15) is 13.2 Å². The minimum absolute atomic E-state index is 0.219. The number of hydrogen-bond donors (Lipinski definition) is 1. The minimum Gasteiger partial charge on any atom is -0.348 e. The van der Waals surface area contributed by atoms with E-state index in [0.29, 0.717) is 37.0 Å². The topological polar surface area (TPSA) is 66.5 Å². The fourth-order valence-corrected chi connectivity index (χ4v) is 5.29. The minimum atomic E-state index is -3.52. The number of carbonyl (C=O) groups is 1. The summed E-state index contributed by atoms with van der Waals surface area (Å²) < 4.78 is 27.4. The molecule has 0 spiro atoms. The predicted molar refractivity (Wildman–Crippen MR) is 106 cm³/mol. The second kappa shape index (κ2) is 8.23. The summed E-state index contributed by atoms with van der Waals surface area (Å²) in [6, 6.07) is 15.8. The molecule has 0 aliphatic carbocycles. The Morgan fingerprint density at radius 2 is 1.59 bits per heavy atom. The molecule has 1 aliphatic heterocycles. The van der Waals surface area contributed by atoms with Crippen molar-refractivity contribution in [2.75, 3.05) is 13.1 Å². The first-order valence-corrected chi connectivity index (χ1v) is 10.7. The van der Waals surface area contributed by atoms with Crippen molar-refractivity contribution in [3.63, 3.8) is 0 Å². The number of nitrogens with one attached hydrogen (secondary N) is 1. The molecule has 1 N–H and O–H groups in total. The van der Waals surface area contributed by atoms with Gasteiger partial charge in [0.05, 0.1) is 4.90 Å². The Bertz CT molecular complexity index is 869. The van der Waals surface area contributed by atoms with Gasteiger partial charge in [0.25, 0.3) is 5.91 Å². The average molecular weight is 387 g/mol. The molecular weight excluding hydrogens is 360 g/mol. The SMILES string of the molecule is C[C@@H]1C[C@@H](C)CN(S(=O)(=O)c2ccc(C(=O)NCc3ccccc3)cc2)C1. The van der Waals surface area contributed by atoms with Gasteiger partial charge in [0.1, 0.15) is 0 Å². The van der Waals surface area contributed by atoms with Crippen LogP contribution in [0.25, 0.3) is 0 Å². The number of carbonyl (C=O) groups excluding carboxylic acids is 1. The number of rotatable bonds is 5. The quantitative estimate of drug-likeness (QED) is 0.857. The zero-order chi connectivity index (χ0) is 19.4. The molecule has 144 valence electrons. The molecule has 1 amide bonds. The third-order valence-corrected chi connectivity index (χ3v) is 6.73. The lowest BCUT2D eigenvalue weighted by Gasteiger charge is -2.34. The lowest BCUT2D eigenvalue weighted by atomic mass is 9.94. The Labute approximate surface area is 161 Å². The summed E-state index contributed by atoms with van der Waals surface area (Å²) in [7, 11) is -3.52. The summed E-state index contributed by atoms with van der Waals surface area (Å²) >= 11 is 0. The summed E-state index contributed by atoms with van der Waals surface area (Å²) in [6.07, 6.45) is 1.05. The normalized spacial score (nSPS) is 21.0. The molecule has 0 saturated carbocycles. The van der Waals surface area contributed by atoms with Crippen molar-refractivity contribution in [1.82, 2.24) is 9.62 Å². The standard InChI is InChI=1S/C21H26N2O3S/c1-16-12-17(2)15-23(14-16)27(25,26)20-10-8-19(9-11-20)21(24)22-13-18-6-4-3-5-7-18/h3-11,16-17H,12-15H2,1-2H3,(H,22,24)/t16-,17-/m1/s1. The molecule has 1 aliphatic rings. The van der Waals surface area contributed by atoms with Crippen molar-refractivity contribution in [3.05, 3.63) is 65.7 Å². The van der Waals surface area contributed by atoms with Gasteiger partial charge >= 0.3 is 0 Å². The van der Waals surface area contributed by atoms with Crippen molar-refractivity contribution < 1.29 is 13.2 Å². The fourth-order valence-electron chi connectivity index (χ4n) is 3.61. The van der Waals surface area contributed by atoms with Crippen molar-refractivity contribution in [3.8, 4) is 0 Å². The lowest BCUT2D eigenvalue weighted by Crippen LogP contribution is -2.42.